The molecule has 1 N–H and O–H groups in total. The fourth-order valence-electron chi connectivity index (χ4n) is 4.52. The smallest absolute Gasteiger partial charge is 0.253 e. The van der Waals surface area contributed by atoms with Crippen molar-refractivity contribution in [3.63, 3.8) is 0 Å². The maximum absolute atomic E-state index is 13.0. The van der Waals surface area contributed by atoms with Crippen LogP contribution in [0, 0.1) is 5.41 Å². The van der Waals surface area contributed by atoms with Crippen LogP contribution in [-0.4, -0.2) is 68.8 Å². The first-order valence-corrected chi connectivity index (χ1v) is 9.79. The first kappa shape index (κ1) is 18.7. The van der Waals surface area contributed by atoms with Crippen molar-refractivity contribution < 1.29 is 14.7 Å². The van der Waals surface area contributed by atoms with Crippen LogP contribution in [0.4, 0.5) is 0 Å². The van der Waals surface area contributed by atoms with Gasteiger partial charge in [-0.3, -0.25) is 9.59 Å². The summed E-state index contributed by atoms with van der Waals surface area (Å²) in [5, 5.41) is 14.5. The molecule has 2 saturated heterocycles. The number of hydrogen-bond donors (Lipinski definition) is 1. The number of carbonyl (C=O) groups is 2. The van der Waals surface area contributed by atoms with Crippen LogP contribution >= 0.6 is 0 Å². The highest BCUT2D eigenvalue weighted by atomic mass is 16.3. The van der Waals surface area contributed by atoms with Crippen molar-refractivity contribution in [3.05, 3.63) is 48.3 Å². The first-order valence-electron chi connectivity index (χ1n) is 9.79. The molecule has 2 aliphatic heterocycles. The number of piperidine rings is 2. The van der Waals surface area contributed by atoms with Crippen LogP contribution < -0.4 is 0 Å². The second-order valence-corrected chi connectivity index (χ2v) is 8.05. The van der Waals surface area contributed by atoms with Gasteiger partial charge < -0.3 is 14.9 Å². The molecule has 1 aromatic heterocycles. The predicted molar refractivity (Wildman–Crippen MR) is 104 cm³/mol. The molecule has 28 heavy (non-hydrogen) atoms. The lowest BCUT2D eigenvalue weighted by Gasteiger charge is -2.49. The maximum Gasteiger partial charge on any atom is 0.253 e. The minimum absolute atomic E-state index is 0.00654. The summed E-state index contributed by atoms with van der Waals surface area (Å²) in [6, 6.07) is 9.34. The summed E-state index contributed by atoms with van der Waals surface area (Å²) in [7, 11) is 0. The van der Waals surface area contributed by atoms with E-state index in [9.17, 15) is 14.7 Å². The van der Waals surface area contributed by atoms with E-state index in [1.54, 1.807) is 22.7 Å². The second kappa shape index (κ2) is 7.39. The number of nitrogens with zero attached hydrogens (tertiary/aromatic N) is 4. The average molecular weight is 382 g/mol. The minimum Gasteiger partial charge on any atom is -0.391 e. The Morgan fingerprint density at radius 2 is 1.96 bits per heavy atom. The third-order valence-corrected chi connectivity index (χ3v) is 6.04. The summed E-state index contributed by atoms with van der Waals surface area (Å²) in [4.78, 5) is 28.4. The van der Waals surface area contributed by atoms with Crippen molar-refractivity contribution in [2.24, 2.45) is 5.41 Å². The summed E-state index contributed by atoms with van der Waals surface area (Å²) in [6.07, 6.45) is 5.39. The molecule has 7 nitrogen and oxygen atoms in total. The van der Waals surface area contributed by atoms with Gasteiger partial charge in [-0.25, -0.2) is 4.68 Å². The van der Waals surface area contributed by atoms with E-state index in [0.717, 1.165) is 18.5 Å². The average Bonchev–Trinajstić information content (AvgIpc) is 3.22. The molecule has 2 aromatic rings. The lowest BCUT2D eigenvalue weighted by molar-refractivity contribution is -0.137. The van der Waals surface area contributed by atoms with Gasteiger partial charge in [0.25, 0.3) is 5.91 Å². The van der Waals surface area contributed by atoms with E-state index in [1.165, 1.54) is 0 Å². The van der Waals surface area contributed by atoms with Crippen LogP contribution in [-0.2, 0) is 4.79 Å². The van der Waals surface area contributed by atoms with Crippen molar-refractivity contribution in [2.45, 2.75) is 32.3 Å². The molecule has 148 valence electrons. The molecule has 0 aliphatic carbocycles. The molecule has 0 saturated carbocycles. The van der Waals surface area contributed by atoms with Crippen molar-refractivity contribution in [1.29, 1.82) is 0 Å². The molecule has 0 radical (unpaired) electrons. The quantitative estimate of drug-likeness (QED) is 0.858. The minimum atomic E-state index is -0.481. The number of aliphatic hydroxyl groups excluding tert-OH is 1. The number of carbonyl (C=O) groups excluding carboxylic acids is 2. The Balaban J connectivity index is 1.44. The Morgan fingerprint density at radius 3 is 2.64 bits per heavy atom. The van der Waals surface area contributed by atoms with Gasteiger partial charge in [0.2, 0.25) is 5.91 Å². The molecule has 1 spiro atoms. The van der Waals surface area contributed by atoms with E-state index < -0.39 is 6.10 Å². The first-order chi connectivity index (χ1) is 13.5. The third kappa shape index (κ3) is 3.67. The van der Waals surface area contributed by atoms with Gasteiger partial charge in [-0.15, -0.1) is 0 Å². The molecule has 0 bridgehead atoms. The van der Waals surface area contributed by atoms with Crippen LogP contribution in [0.3, 0.4) is 0 Å². The number of hydrogen-bond acceptors (Lipinski definition) is 4. The fraction of sp³-hybridized carbons (Fsp3) is 0.476. The Kier molecular flexibility index (Phi) is 4.93. The summed E-state index contributed by atoms with van der Waals surface area (Å²) >= 11 is 0. The molecule has 2 aliphatic rings. The maximum atomic E-state index is 13.0. The molecule has 2 amide bonds. The number of rotatable bonds is 2. The zero-order chi connectivity index (χ0) is 19.7. The van der Waals surface area contributed by atoms with Gasteiger partial charge in [0.1, 0.15) is 0 Å². The molecular formula is C21H26N4O3. The Morgan fingerprint density at radius 1 is 1.18 bits per heavy atom. The van der Waals surface area contributed by atoms with Crippen LogP contribution in [0.15, 0.2) is 42.7 Å². The van der Waals surface area contributed by atoms with Gasteiger partial charge in [0.15, 0.2) is 0 Å². The van der Waals surface area contributed by atoms with Gasteiger partial charge in [-0.05, 0) is 48.9 Å². The number of likely N-dealkylation sites (tertiary alicyclic amines) is 2. The van der Waals surface area contributed by atoms with Crippen molar-refractivity contribution >= 4 is 11.8 Å². The molecule has 1 unspecified atom stereocenters. The third-order valence-electron chi connectivity index (χ3n) is 6.04. The molecule has 1 atom stereocenters. The highest BCUT2D eigenvalue weighted by molar-refractivity contribution is 5.94. The van der Waals surface area contributed by atoms with E-state index in [-0.39, 0.29) is 17.2 Å². The summed E-state index contributed by atoms with van der Waals surface area (Å²) in [5.74, 6) is 0.0238. The molecule has 3 heterocycles. The van der Waals surface area contributed by atoms with E-state index in [1.807, 2.05) is 41.4 Å². The lowest BCUT2D eigenvalue weighted by Crippen LogP contribution is -2.55. The van der Waals surface area contributed by atoms with E-state index >= 15 is 0 Å². The number of aliphatic hydroxyl groups is 1. The summed E-state index contributed by atoms with van der Waals surface area (Å²) < 4.78 is 1.74. The predicted octanol–water partition coefficient (Wildman–Crippen LogP) is 1.71. The lowest BCUT2D eigenvalue weighted by atomic mass is 9.71. The molecule has 7 heteroatoms. The van der Waals surface area contributed by atoms with Crippen LogP contribution in [0.5, 0.6) is 0 Å². The summed E-state index contributed by atoms with van der Waals surface area (Å²) in [5.41, 5.74) is 1.42. The Bertz CT molecular complexity index is 856. The van der Waals surface area contributed by atoms with Crippen LogP contribution in [0.25, 0.3) is 5.69 Å². The van der Waals surface area contributed by atoms with Gasteiger partial charge in [0.05, 0.1) is 11.8 Å². The molecule has 2 fully saturated rings. The van der Waals surface area contributed by atoms with Crippen LogP contribution in [0.1, 0.15) is 36.5 Å². The summed E-state index contributed by atoms with van der Waals surface area (Å²) in [6.45, 7) is 3.93. The van der Waals surface area contributed by atoms with Crippen molar-refractivity contribution in [2.75, 3.05) is 26.2 Å². The van der Waals surface area contributed by atoms with Crippen LogP contribution in [0.2, 0.25) is 0 Å². The monoisotopic (exact) mass is 382 g/mol. The van der Waals surface area contributed by atoms with E-state index in [0.29, 0.717) is 38.2 Å². The SMILES string of the molecule is CC(=O)N1CC(O)CC2(CCN(C(=O)c3cccc(-n4cccn4)c3)CC2)C1. The second-order valence-electron chi connectivity index (χ2n) is 8.05. The zero-order valence-electron chi connectivity index (χ0n) is 16.1. The largest absolute Gasteiger partial charge is 0.391 e. The Hall–Kier alpha value is -2.67. The molecular weight excluding hydrogens is 356 g/mol. The number of amides is 2. The highest BCUT2D eigenvalue weighted by Gasteiger charge is 2.43. The number of β-amino-alcohol motifs (C(OH)–C–C–N with tert-alkyl or cyclic N) is 1. The highest BCUT2D eigenvalue weighted by Crippen LogP contribution is 2.40. The topological polar surface area (TPSA) is 78.7 Å². The van der Waals surface area contributed by atoms with Crippen molar-refractivity contribution in [1.82, 2.24) is 19.6 Å². The Labute approximate surface area is 164 Å². The van der Waals surface area contributed by atoms with Gasteiger partial charge in [-0.2, -0.15) is 5.10 Å². The standard InChI is InChI=1S/C21H26N4O3/c1-16(26)24-14-19(27)13-21(15-24)6-10-23(11-7-21)20(28)17-4-2-5-18(12-17)25-9-3-8-22-25/h2-5,8-9,12,19,27H,6-7,10-11,13-15H2,1H3. The normalized spacial score (nSPS) is 21.7. The number of aromatic nitrogens is 2. The fourth-order valence-corrected chi connectivity index (χ4v) is 4.52. The van der Waals surface area contributed by atoms with Gasteiger partial charge in [-0.1, -0.05) is 6.07 Å². The van der Waals surface area contributed by atoms with Gasteiger partial charge >= 0.3 is 0 Å². The number of benzene rings is 1. The van der Waals surface area contributed by atoms with E-state index in [2.05, 4.69) is 5.10 Å². The van der Waals surface area contributed by atoms with E-state index in [4.69, 9.17) is 0 Å². The van der Waals surface area contributed by atoms with Gasteiger partial charge in [0, 0.05) is 51.1 Å². The zero-order valence-corrected chi connectivity index (χ0v) is 16.1. The molecule has 4 rings (SSSR count). The molecule has 1 aromatic carbocycles. The van der Waals surface area contributed by atoms with Crippen molar-refractivity contribution in [3.8, 4) is 5.69 Å².